The smallest absolute Gasteiger partial charge is 0.133 e. The lowest BCUT2D eigenvalue weighted by Gasteiger charge is -2.27. The van der Waals surface area contributed by atoms with Crippen molar-refractivity contribution in [3.63, 3.8) is 0 Å². The number of rotatable bonds is 0. The van der Waals surface area contributed by atoms with E-state index in [9.17, 15) is 0 Å². The zero-order valence-corrected chi connectivity index (χ0v) is 6.65. The summed E-state index contributed by atoms with van der Waals surface area (Å²) < 4.78 is 0. The van der Waals surface area contributed by atoms with Crippen LogP contribution in [0.2, 0.25) is 0 Å². The van der Waals surface area contributed by atoms with E-state index >= 15 is 0 Å². The first-order valence-electron chi connectivity index (χ1n) is 3.84. The van der Waals surface area contributed by atoms with E-state index in [1.165, 1.54) is 13.1 Å². The van der Waals surface area contributed by atoms with E-state index in [-0.39, 0.29) is 0 Å². The molecular weight excluding hydrogens is 112 g/mol. The molecule has 2 nitrogen and oxygen atoms in total. The fourth-order valence-electron chi connectivity index (χ4n) is 1.88. The van der Waals surface area contributed by atoms with Crippen LogP contribution in [-0.4, -0.2) is 32.2 Å². The number of quaternary nitrogens is 2. The van der Waals surface area contributed by atoms with E-state index < -0.39 is 0 Å². The van der Waals surface area contributed by atoms with Gasteiger partial charge in [0.05, 0.1) is 7.05 Å². The van der Waals surface area contributed by atoms with E-state index in [4.69, 9.17) is 0 Å². The van der Waals surface area contributed by atoms with Crippen molar-refractivity contribution in [2.24, 2.45) is 0 Å². The third-order valence-electron chi connectivity index (χ3n) is 2.00. The lowest BCUT2D eigenvalue weighted by atomic mass is 10.2. The number of likely N-dealkylation sites (N-methyl/N-ethyl adjacent to an activating group) is 1. The fourth-order valence-corrected chi connectivity index (χ4v) is 1.88. The van der Waals surface area contributed by atoms with Crippen LogP contribution in [0.4, 0.5) is 0 Å². The summed E-state index contributed by atoms with van der Waals surface area (Å²) in [7, 11) is 2.28. The molecule has 2 unspecified atom stereocenters. The Morgan fingerprint density at radius 2 is 1.67 bits per heavy atom. The lowest BCUT2D eigenvalue weighted by Crippen LogP contribution is -3.22. The van der Waals surface area contributed by atoms with Gasteiger partial charge in [0.1, 0.15) is 25.2 Å². The van der Waals surface area contributed by atoms with Gasteiger partial charge in [0.2, 0.25) is 0 Å². The summed E-state index contributed by atoms with van der Waals surface area (Å²) in [5, 5.41) is 2.47. The molecular formula is C7H18N2+2. The van der Waals surface area contributed by atoms with Gasteiger partial charge in [0.15, 0.2) is 0 Å². The van der Waals surface area contributed by atoms with E-state index in [0.29, 0.717) is 0 Å². The number of piperazine rings is 1. The van der Waals surface area contributed by atoms with Crippen molar-refractivity contribution in [1.29, 1.82) is 0 Å². The van der Waals surface area contributed by atoms with Crippen molar-refractivity contribution in [3.8, 4) is 0 Å². The maximum Gasteiger partial charge on any atom is 0.133 e. The summed E-state index contributed by atoms with van der Waals surface area (Å²) in [5.41, 5.74) is 0. The first-order valence-corrected chi connectivity index (χ1v) is 3.84. The summed E-state index contributed by atoms with van der Waals surface area (Å²) in [5.74, 6) is 0. The highest BCUT2D eigenvalue weighted by Crippen LogP contribution is 1.74. The Balaban J connectivity index is 2.34. The van der Waals surface area contributed by atoms with Crippen LogP contribution in [0, 0.1) is 0 Å². The molecule has 0 saturated carbocycles. The molecule has 1 saturated heterocycles. The molecule has 2 atom stereocenters. The Hall–Kier alpha value is -0.0800. The van der Waals surface area contributed by atoms with Gasteiger partial charge in [0, 0.05) is 0 Å². The summed E-state index contributed by atoms with van der Waals surface area (Å²) in [6, 6.07) is 1.66. The summed E-state index contributed by atoms with van der Waals surface area (Å²) in [4.78, 5) is 1.68. The van der Waals surface area contributed by atoms with Crippen LogP contribution in [0.25, 0.3) is 0 Å². The van der Waals surface area contributed by atoms with Gasteiger partial charge in [-0.05, 0) is 13.8 Å². The van der Waals surface area contributed by atoms with Crippen LogP contribution in [0.1, 0.15) is 13.8 Å². The highest BCUT2D eigenvalue weighted by Gasteiger charge is 2.24. The van der Waals surface area contributed by atoms with Crippen molar-refractivity contribution in [3.05, 3.63) is 0 Å². The van der Waals surface area contributed by atoms with Crippen LogP contribution in [0.3, 0.4) is 0 Å². The van der Waals surface area contributed by atoms with Gasteiger partial charge in [-0.3, -0.25) is 0 Å². The van der Waals surface area contributed by atoms with Gasteiger partial charge < -0.3 is 10.2 Å². The molecule has 0 spiro atoms. The average Bonchev–Trinajstić information content (AvgIpc) is 1.59. The van der Waals surface area contributed by atoms with Crippen molar-refractivity contribution >= 4 is 0 Å². The second kappa shape index (κ2) is 2.67. The van der Waals surface area contributed by atoms with Crippen LogP contribution in [0.5, 0.6) is 0 Å². The Kier molecular flexibility index (Phi) is 2.09. The molecule has 1 fully saturated rings. The number of hydrogen-bond donors (Lipinski definition) is 2. The van der Waals surface area contributed by atoms with Crippen molar-refractivity contribution in [2.45, 2.75) is 25.9 Å². The number of nitrogens with two attached hydrogens (primary N) is 1. The monoisotopic (exact) mass is 130 g/mol. The standard InChI is InChI=1S/C7H16N2/c1-6-4-9(3)5-7(2)8-6/h6-8H,4-5H2,1-3H3/p+2. The van der Waals surface area contributed by atoms with Gasteiger partial charge in [-0.15, -0.1) is 0 Å². The highest BCUT2D eigenvalue weighted by molar-refractivity contribution is 4.50. The molecule has 0 radical (unpaired) electrons. The molecule has 0 amide bonds. The van der Waals surface area contributed by atoms with E-state index in [2.05, 4.69) is 26.2 Å². The highest BCUT2D eigenvalue weighted by atomic mass is 15.2. The van der Waals surface area contributed by atoms with Crippen molar-refractivity contribution < 1.29 is 10.2 Å². The molecule has 9 heavy (non-hydrogen) atoms. The molecule has 1 rings (SSSR count). The Labute approximate surface area is 57.2 Å². The van der Waals surface area contributed by atoms with Crippen LogP contribution in [0.15, 0.2) is 0 Å². The van der Waals surface area contributed by atoms with Gasteiger partial charge in [0.25, 0.3) is 0 Å². The van der Waals surface area contributed by atoms with Crippen molar-refractivity contribution in [2.75, 3.05) is 20.1 Å². The summed E-state index contributed by atoms with van der Waals surface area (Å²) in [6.07, 6.45) is 0. The molecule has 2 heteroatoms. The quantitative estimate of drug-likeness (QED) is 0.373. The Morgan fingerprint density at radius 1 is 1.22 bits per heavy atom. The SMILES string of the molecule is CC1C[NH+](C)CC(C)[NH2+]1. The van der Waals surface area contributed by atoms with E-state index in [1.54, 1.807) is 4.90 Å². The van der Waals surface area contributed by atoms with Crippen LogP contribution < -0.4 is 10.2 Å². The Morgan fingerprint density at radius 3 is 2.00 bits per heavy atom. The van der Waals surface area contributed by atoms with Gasteiger partial charge in [-0.25, -0.2) is 0 Å². The first-order chi connectivity index (χ1) is 4.18. The molecule has 0 aliphatic carbocycles. The molecule has 0 aromatic carbocycles. The topological polar surface area (TPSA) is 21.1 Å². The predicted molar refractivity (Wildman–Crippen MR) is 37.5 cm³/mol. The third-order valence-corrected chi connectivity index (χ3v) is 2.00. The minimum atomic E-state index is 0.828. The third kappa shape index (κ3) is 1.95. The molecule has 3 N–H and O–H groups in total. The minimum Gasteiger partial charge on any atom is -0.333 e. The van der Waals surface area contributed by atoms with Crippen LogP contribution >= 0.6 is 0 Å². The summed E-state index contributed by atoms with van der Waals surface area (Å²) in [6.45, 7) is 7.26. The molecule has 1 aliphatic heterocycles. The largest absolute Gasteiger partial charge is 0.333 e. The zero-order valence-electron chi connectivity index (χ0n) is 6.65. The van der Waals surface area contributed by atoms with Gasteiger partial charge in [-0.1, -0.05) is 0 Å². The molecule has 0 aromatic rings. The zero-order chi connectivity index (χ0) is 6.85. The maximum absolute atomic E-state index is 2.47. The second-order valence-electron chi connectivity index (χ2n) is 3.51. The van der Waals surface area contributed by atoms with Gasteiger partial charge in [-0.2, -0.15) is 0 Å². The fraction of sp³-hybridized carbons (Fsp3) is 1.00. The van der Waals surface area contributed by atoms with E-state index in [0.717, 1.165) is 12.1 Å². The average molecular weight is 130 g/mol. The molecule has 1 aliphatic rings. The minimum absolute atomic E-state index is 0.828. The number of nitrogens with one attached hydrogen (secondary N) is 1. The Bertz CT molecular complexity index is 67.9. The van der Waals surface area contributed by atoms with Gasteiger partial charge >= 0.3 is 0 Å². The molecule has 0 bridgehead atoms. The molecule has 1 heterocycles. The maximum atomic E-state index is 2.47. The lowest BCUT2D eigenvalue weighted by molar-refractivity contribution is -0.951. The van der Waals surface area contributed by atoms with Crippen LogP contribution in [-0.2, 0) is 0 Å². The molecule has 0 aromatic heterocycles. The molecule has 54 valence electrons. The summed E-state index contributed by atoms with van der Waals surface area (Å²) >= 11 is 0. The second-order valence-corrected chi connectivity index (χ2v) is 3.51. The van der Waals surface area contributed by atoms with Crippen molar-refractivity contribution in [1.82, 2.24) is 0 Å². The first kappa shape index (κ1) is 7.03. The van der Waals surface area contributed by atoms with E-state index in [1.807, 2.05) is 0 Å². The normalized spacial score (nSPS) is 45.0. The number of hydrogen-bond acceptors (Lipinski definition) is 0. The predicted octanol–water partition coefficient (Wildman–Crippen LogP) is -2.14.